The smallest absolute Gasteiger partial charge is 0.341 e. The van der Waals surface area contributed by atoms with E-state index in [1.54, 1.807) is 0 Å². The lowest BCUT2D eigenvalue weighted by Gasteiger charge is -2.24. The molecule has 0 atom stereocenters. The summed E-state index contributed by atoms with van der Waals surface area (Å²) in [5, 5.41) is 0. The van der Waals surface area contributed by atoms with Crippen LogP contribution in [0.2, 0.25) is 12.1 Å². The normalized spacial score (nSPS) is 36.0. The molecule has 2 aliphatic heterocycles. The van der Waals surface area contributed by atoms with Crippen LogP contribution in [0.15, 0.2) is 0 Å². The van der Waals surface area contributed by atoms with Gasteiger partial charge in [0.1, 0.15) is 6.79 Å². The largest absolute Gasteiger partial charge is 0.371 e. The maximum atomic E-state index is 5.15. The van der Waals surface area contributed by atoms with E-state index in [1.165, 1.54) is 12.1 Å². The molecule has 2 saturated heterocycles. The van der Waals surface area contributed by atoms with Gasteiger partial charge in [0.2, 0.25) is 0 Å². The second-order valence-electron chi connectivity index (χ2n) is 1.82. The molecule has 34 valence electrons. The second-order valence-corrected chi connectivity index (χ2v) is 5.22. The first kappa shape index (κ1) is 3.18. The van der Waals surface area contributed by atoms with Crippen LogP contribution in [0.25, 0.3) is 0 Å². The number of rotatable bonds is 0. The molecule has 1 spiro atoms. The molecule has 3 heteroatoms. The molecule has 0 radical (unpaired) electrons. The minimum Gasteiger partial charge on any atom is -0.371 e. The summed E-state index contributed by atoms with van der Waals surface area (Å²) < 4.78 is 10.3. The third kappa shape index (κ3) is 0.236. The van der Waals surface area contributed by atoms with Crippen molar-refractivity contribution in [3.05, 3.63) is 0 Å². The molecule has 0 saturated carbocycles. The average Bonchev–Trinajstić information content (AvgIpc) is 2.02. The van der Waals surface area contributed by atoms with Crippen LogP contribution in [0, 0.1) is 0 Å². The van der Waals surface area contributed by atoms with E-state index in [2.05, 4.69) is 0 Å². The maximum absolute atomic E-state index is 5.15. The molecule has 0 unspecified atom stereocenters. The SMILES string of the molecule is C1O[Si]2(CC2)O1. The molecule has 0 N–H and O–H groups in total. The Hall–Kier alpha value is 0.137. The van der Waals surface area contributed by atoms with Crippen molar-refractivity contribution in [3.63, 3.8) is 0 Å². The quantitative estimate of drug-likeness (QED) is 0.413. The van der Waals surface area contributed by atoms with Crippen molar-refractivity contribution in [3.8, 4) is 0 Å². The van der Waals surface area contributed by atoms with E-state index >= 15 is 0 Å². The van der Waals surface area contributed by atoms with E-state index in [0.29, 0.717) is 6.79 Å². The molecule has 2 heterocycles. The Morgan fingerprint density at radius 3 is 1.83 bits per heavy atom. The molecule has 2 nitrogen and oxygen atoms in total. The summed E-state index contributed by atoms with van der Waals surface area (Å²) in [5.74, 6) is 0. The first-order chi connectivity index (χ1) is 2.91. The molecule has 0 amide bonds. The van der Waals surface area contributed by atoms with Gasteiger partial charge in [-0.05, 0) is 12.1 Å². The molecule has 0 aromatic rings. The van der Waals surface area contributed by atoms with Crippen molar-refractivity contribution in [2.75, 3.05) is 6.79 Å². The van der Waals surface area contributed by atoms with E-state index in [-0.39, 0.29) is 0 Å². The predicted octanol–water partition coefficient (Wildman–Crippen LogP) is 0.446. The zero-order valence-corrected chi connectivity index (χ0v) is 4.44. The summed E-state index contributed by atoms with van der Waals surface area (Å²) in [7, 11) is -1.20. The van der Waals surface area contributed by atoms with Gasteiger partial charge in [0.25, 0.3) is 0 Å². The molecule has 2 fully saturated rings. The molecule has 2 aliphatic rings. The molecule has 0 aromatic heterocycles. The topological polar surface area (TPSA) is 18.5 Å². The number of hydrogen-bond acceptors (Lipinski definition) is 2. The van der Waals surface area contributed by atoms with Gasteiger partial charge in [-0.25, -0.2) is 0 Å². The van der Waals surface area contributed by atoms with Gasteiger partial charge >= 0.3 is 8.56 Å². The van der Waals surface area contributed by atoms with Gasteiger partial charge in [-0.3, -0.25) is 0 Å². The Kier molecular flexibility index (Phi) is 0.376. The summed E-state index contributed by atoms with van der Waals surface area (Å²) in [6, 6.07) is 2.51. The molecule has 0 bridgehead atoms. The molecule has 6 heavy (non-hydrogen) atoms. The highest BCUT2D eigenvalue weighted by Gasteiger charge is 2.56. The van der Waals surface area contributed by atoms with Gasteiger partial charge in [0.15, 0.2) is 0 Å². The van der Waals surface area contributed by atoms with E-state index in [0.717, 1.165) is 0 Å². The van der Waals surface area contributed by atoms with E-state index in [4.69, 9.17) is 8.85 Å². The third-order valence-corrected chi connectivity index (χ3v) is 3.91. The van der Waals surface area contributed by atoms with E-state index in [1.807, 2.05) is 0 Å². The van der Waals surface area contributed by atoms with Crippen LogP contribution < -0.4 is 0 Å². The highest BCUT2D eigenvalue weighted by atomic mass is 28.4. The van der Waals surface area contributed by atoms with Gasteiger partial charge in [-0.1, -0.05) is 0 Å². The number of hydrogen-bond donors (Lipinski definition) is 0. The molecular formula is C3H6O2Si. The fourth-order valence-electron chi connectivity index (χ4n) is 0.616. The van der Waals surface area contributed by atoms with Crippen molar-refractivity contribution in [1.82, 2.24) is 0 Å². The van der Waals surface area contributed by atoms with Crippen molar-refractivity contribution < 1.29 is 8.85 Å². The Bertz CT molecular complexity index is 72.9. The molecule has 2 rings (SSSR count). The predicted molar refractivity (Wildman–Crippen MR) is 22.4 cm³/mol. The van der Waals surface area contributed by atoms with Crippen LogP contribution in [-0.2, 0) is 8.85 Å². The lowest BCUT2D eigenvalue weighted by molar-refractivity contribution is -0.0176. The van der Waals surface area contributed by atoms with Gasteiger partial charge < -0.3 is 8.85 Å². The highest BCUT2D eigenvalue weighted by Crippen LogP contribution is 2.43. The molecule has 0 aromatic carbocycles. The summed E-state index contributed by atoms with van der Waals surface area (Å²) in [6.07, 6.45) is 0. The van der Waals surface area contributed by atoms with Crippen LogP contribution in [0.4, 0.5) is 0 Å². The fraction of sp³-hybridized carbons (Fsp3) is 1.00. The Balaban J connectivity index is 2.09. The van der Waals surface area contributed by atoms with Gasteiger partial charge in [-0.15, -0.1) is 0 Å². The summed E-state index contributed by atoms with van der Waals surface area (Å²) in [4.78, 5) is 0. The van der Waals surface area contributed by atoms with Crippen LogP contribution in [-0.4, -0.2) is 15.4 Å². The van der Waals surface area contributed by atoms with Gasteiger partial charge in [-0.2, -0.15) is 0 Å². The minimum atomic E-state index is -1.20. The van der Waals surface area contributed by atoms with Crippen molar-refractivity contribution in [1.29, 1.82) is 0 Å². The zero-order valence-electron chi connectivity index (χ0n) is 3.44. The van der Waals surface area contributed by atoms with Gasteiger partial charge in [0.05, 0.1) is 0 Å². The Morgan fingerprint density at radius 1 is 1.17 bits per heavy atom. The van der Waals surface area contributed by atoms with Crippen LogP contribution >= 0.6 is 0 Å². The molecular weight excluding hydrogens is 96.1 g/mol. The highest BCUT2D eigenvalue weighted by molar-refractivity contribution is 6.79. The van der Waals surface area contributed by atoms with Crippen molar-refractivity contribution in [2.45, 2.75) is 12.1 Å². The first-order valence-electron chi connectivity index (χ1n) is 2.19. The maximum Gasteiger partial charge on any atom is 0.341 e. The van der Waals surface area contributed by atoms with E-state index < -0.39 is 8.56 Å². The van der Waals surface area contributed by atoms with Crippen molar-refractivity contribution >= 4 is 8.56 Å². The standard InChI is InChI=1S/C3H6O2Si/c1-2-6(1)4-3-5-6/h1-3H2. The first-order valence-corrected chi connectivity index (χ1v) is 4.42. The second kappa shape index (κ2) is 0.709. The average molecular weight is 102 g/mol. The summed E-state index contributed by atoms with van der Waals surface area (Å²) in [6.45, 7) is 0.590. The van der Waals surface area contributed by atoms with E-state index in [9.17, 15) is 0 Å². The monoisotopic (exact) mass is 102 g/mol. The van der Waals surface area contributed by atoms with Gasteiger partial charge in [0, 0.05) is 0 Å². The van der Waals surface area contributed by atoms with Crippen molar-refractivity contribution in [2.24, 2.45) is 0 Å². The Labute approximate surface area is 37.3 Å². The van der Waals surface area contributed by atoms with Crippen LogP contribution in [0.5, 0.6) is 0 Å². The summed E-state index contributed by atoms with van der Waals surface area (Å²) in [5.41, 5.74) is 0. The zero-order chi connectivity index (χ0) is 4.04. The summed E-state index contributed by atoms with van der Waals surface area (Å²) >= 11 is 0. The third-order valence-electron chi connectivity index (χ3n) is 1.30. The lowest BCUT2D eigenvalue weighted by Crippen LogP contribution is -2.38. The van der Waals surface area contributed by atoms with Crippen LogP contribution in [0.3, 0.4) is 0 Å². The van der Waals surface area contributed by atoms with Crippen LogP contribution in [0.1, 0.15) is 0 Å². The fourth-order valence-corrected chi connectivity index (χ4v) is 2.46. The lowest BCUT2D eigenvalue weighted by atomic mass is 11.0. The minimum absolute atomic E-state index is 0.590. The molecule has 0 aliphatic carbocycles. The Morgan fingerprint density at radius 2 is 1.83 bits per heavy atom.